The normalized spacial score (nSPS) is 20.8. The van der Waals surface area contributed by atoms with E-state index in [0.29, 0.717) is 12.0 Å². The van der Waals surface area contributed by atoms with Gasteiger partial charge < -0.3 is 5.32 Å². The lowest BCUT2D eigenvalue weighted by Crippen LogP contribution is -2.22. The first kappa shape index (κ1) is 11.2. The molecule has 1 atom stereocenters. The second-order valence-corrected chi connectivity index (χ2v) is 3.02. The van der Waals surface area contributed by atoms with Crippen LogP contribution >= 0.6 is 0 Å². The van der Waals surface area contributed by atoms with Gasteiger partial charge in [0.2, 0.25) is 0 Å². The van der Waals surface area contributed by atoms with Crippen LogP contribution in [0.4, 0.5) is 0 Å². The minimum atomic E-state index is 0.390. The molecule has 0 amide bonds. The lowest BCUT2D eigenvalue weighted by atomic mass is 9.98. The fraction of sp³-hybridized carbons (Fsp3) is 0.700. The smallest absolute Gasteiger partial charge is 0.0870 e. The average molecular weight is 168 g/mol. The maximum absolute atomic E-state index is 4.31. The van der Waals surface area contributed by atoms with Gasteiger partial charge in [-0.3, -0.25) is 4.99 Å². The molecular weight excluding hydrogens is 148 g/mol. The monoisotopic (exact) mass is 168 g/mol. The molecule has 0 aliphatic carbocycles. The fourth-order valence-electron chi connectivity index (χ4n) is 1.19. The second kappa shape index (κ2) is 5.81. The topological polar surface area (TPSA) is 24.4 Å². The number of rotatable bonds is 1. The molecule has 12 heavy (non-hydrogen) atoms. The third-order valence-corrected chi connectivity index (χ3v) is 1.72. The minimum Gasteiger partial charge on any atom is -0.353 e. The molecule has 1 rings (SSSR count). The SMILES string of the molecule is CC.CC1=CNC=NC1C(C)C. The highest BCUT2D eigenvalue weighted by Gasteiger charge is 2.14. The van der Waals surface area contributed by atoms with Crippen molar-refractivity contribution >= 4 is 6.34 Å². The van der Waals surface area contributed by atoms with Gasteiger partial charge in [0.25, 0.3) is 0 Å². The third kappa shape index (κ3) is 3.07. The van der Waals surface area contributed by atoms with Gasteiger partial charge in [-0.05, 0) is 18.4 Å². The maximum Gasteiger partial charge on any atom is 0.0870 e. The number of nitrogens with zero attached hydrogens (tertiary/aromatic N) is 1. The van der Waals surface area contributed by atoms with Crippen LogP contribution in [0.3, 0.4) is 0 Å². The van der Waals surface area contributed by atoms with Gasteiger partial charge in [0.1, 0.15) is 0 Å². The van der Waals surface area contributed by atoms with Gasteiger partial charge in [0.15, 0.2) is 0 Å². The Labute approximate surface area is 75.8 Å². The van der Waals surface area contributed by atoms with Crippen molar-refractivity contribution in [3.8, 4) is 0 Å². The maximum atomic E-state index is 4.31. The molecule has 0 aromatic carbocycles. The molecule has 1 heterocycles. The van der Waals surface area contributed by atoms with Crippen molar-refractivity contribution in [1.29, 1.82) is 0 Å². The fourth-order valence-corrected chi connectivity index (χ4v) is 1.19. The van der Waals surface area contributed by atoms with Crippen molar-refractivity contribution in [2.75, 3.05) is 0 Å². The van der Waals surface area contributed by atoms with Gasteiger partial charge in [0.05, 0.1) is 12.4 Å². The second-order valence-electron chi connectivity index (χ2n) is 3.02. The van der Waals surface area contributed by atoms with Crippen LogP contribution in [0.25, 0.3) is 0 Å². The third-order valence-electron chi connectivity index (χ3n) is 1.72. The molecule has 1 N–H and O–H groups in total. The minimum absolute atomic E-state index is 0.390. The standard InChI is InChI=1S/C8H14N2.C2H6/c1-6(2)8-7(3)4-9-5-10-8;1-2/h4-6,8H,1-3H3,(H,9,10);1-2H3. The molecule has 0 saturated carbocycles. The lowest BCUT2D eigenvalue weighted by Gasteiger charge is -2.19. The van der Waals surface area contributed by atoms with Gasteiger partial charge in [-0.2, -0.15) is 0 Å². The summed E-state index contributed by atoms with van der Waals surface area (Å²) in [4.78, 5) is 4.31. The van der Waals surface area contributed by atoms with Crippen LogP contribution in [0.5, 0.6) is 0 Å². The van der Waals surface area contributed by atoms with E-state index in [2.05, 4.69) is 31.1 Å². The molecule has 0 spiro atoms. The lowest BCUT2D eigenvalue weighted by molar-refractivity contribution is 0.544. The number of aliphatic imine (C=N–C) groups is 1. The highest BCUT2D eigenvalue weighted by atomic mass is 15.0. The Balaban J connectivity index is 0.000000561. The van der Waals surface area contributed by atoms with Crippen molar-refractivity contribution in [3.05, 3.63) is 11.8 Å². The van der Waals surface area contributed by atoms with E-state index >= 15 is 0 Å². The van der Waals surface area contributed by atoms with Crippen molar-refractivity contribution < 1.29 is 0 Å². The Bertz CT molecular complexity index is 169. The predicted molar refractivity (Wildman–Crippen MR) is 55.4 cm³/mol. The van der Waals surface area contributed by atoms with Crippen LogP contribution in [0.2, 0.25) is 0 Å². The molecule has 1 aliphatic heterocycles. The Morgan fingerprint density at radius 2 is 2.00 bits per heavy atom. The summed E-state index contributed by atoms with van der Waals surface area (Å²) < 4.78 is 0. The Hall–Kier alpha value is -0.790. The first-order chi connectivity index (χ1) is 5.72. The first-order valence-electron chi connectivity index (χ1n) is 4.66. The predicted octanol–water partition coefficient (Wildman–Crippen LogP) is 2.57. The Kier molecular flexibility index (Phi) is 5.43. The Morgan fingerprint density at radius 1 is 1.42 bits per heavy atom. The van der Waals surface area contributed by atoms with E-state index in [4.69, 9.17) is 0 Å². The van der Waals surface area contributed by atoms with E-state index in [1.165, 1.54) is 5.57 Å². The van der Waals surface area contributed by atoms with Crippen molar-refractivity contribution in [2.24, 2.45) is 10.9 Å². The highest BCUT2D eigenvalue weighted by Crippen LogP contribution is 2.15. The van der Waals surface area contributed by atoms with Crippen LogP contribution in [0, 0.1) is 5.92 Å². The summed E-state index contributed by atoms with van der Waals surface area (Å²) in [5.74, 6) is 0.606. The molecule has 0 radical (unpaired) electrons. The van der Waals surface area contributed by atoms with Crippen molar-refractivity contribution in [2.45, 2.75) is 40.7 Å². The van der Waals surface area contributed by atoms with Crippen molar-refractivity contribution in [1.82, 2.24) is 5.32 Å². The zero-order chi connectivity index (χ0) is 9.56. The van der Waals surface area contributed by atoms with Crippen molar-refractivity contribution in [3.63, 3.8) is 0 Å². The molecule has 0 bridgehead atoms. The molecule has 2 heteroatoms. The summed E-state index contributed by atoms with van der Waals surface area (Å²) in [5, 5.41) is 2.97. The molecule has 0 aromatic heterocycles. The molecular formula is C10H20N2. The summed E-state index contributed by atoms with van der Waals surface area (Å²) in [7, 11) is 0. The summed E-state index contributed by atoms with van der Waals surface area (Å²) in [5.41, 5.74) is 1.32. The van der Waals surface area contributed by atoms with Gasteiger partial charge in [-0.1, -0.05) is 27.7 Å². The molecule has 1 unspecified atom stereocenters. The van der Waals surface area contributed by atoms with E-state index < -0.39 is 0 Å². The first-order valence-corrected chi connectivity index (χ1v) is 4.66. The molecule has 1 aliphatic rings. The number of hydrogen-bond donors (Lipinski definition) is 1. The summed E-state index contributed by atoms with van der Waals surface area (Å²) in [6.45, 7) is 10.5. The van der Waals surface area contributed by atoms with E-state index in [1.54, 1.807) is 6.34 Å². The summed E-state index contributed by atoms with van der Waals surface area (Å²) in [6, 6.07) is 0.390. The van der Waals surface area contributed by atoms with E-state index in [-0.39, 0.29) is 0 Å². The number of hydrogen-bond acceptors (Lipinski definition) is 2. The quantitative estimate of drug-likeness (QED) is 0.639. The zero-order valence-electron chi connectivity index (χ0n) is 8.76. The van der Waals surface area contributed by atoms with Crippen LogP contribution in [-0.4, -0.2) is 12.4 Å². The van der Waals surface area contributed by atoms with Crippen LogP contribution in [0.15, 0.2) is 16.8 Å². The molecule has 70 valence electrons. The van der Waals surface area contributed by atoms with Crippen LogP contribution in [0.1, 0.15) is 34.6 Å². The Morgan fingerprint density at radius 3 is 2.33 bits per heavy atom. The van der Waals surface area contributed by atoms with E-state index in [9.17, 15) is 0 Å². The van der Waals surface area contributed by atoms with Gasteiger partial charge in [-0.25, -0.2) is 0 Å². The molecule has 0 aromatic rings. The summed E-state index contributed by atoms with van der Waals surface area (Å²) in [6.07, 6.45) is 3.77. The molecule has 0 saturated heterocycles. The summed E-state index contributed by atoms with van der Waals surface area (Å²) >= 11 is 0. The molecule has 0 fully saturated rings. The average Bonchev–Trinajstić information content (AvgIpc) is 2.08. The highest BCUT2D eigenvalue weighted by molar-refractivity contribution is 5.58. The van der Waals surface area contributed by atoms with Crippen LogP contribution in [-0.2, 0) is 0 Å². The molecule has 2 nitrogen and oxygen atoms in total. The van der Waals surface area contributed by atoms with E-state index in [0.717, 1.165) is 0 Å². The zero-order valence-corrected chi connectivity index (χ0v) is 8.76. The van der Waals surface area contributed by atoms with E-state index in [1.807, 2.05) is 20.0 Å². The largest absolute Gasteiger partial charge is 0.353 e. The van der Waals surface area contributed by atoms with Crippen LogP contribution < -0.4 is 5.32 Å². The van der Waals surface area contributed by atoms with Gasteiger partial charge in [0, 0.05) is 6.20 Å². The van der Waals surface area contributed by atoms with Gasteiger partial charge in [-0.15, -0.1) is 0 Å². The number of nitrogens with one attached hydrogen (secondary N) is 1. The van der Waals surface area contributed by atoms with Gasteiger partial charge >= 0.3 is 0 Å².